The predicted molar refractivity (Wildman–Crippen MR) is 152 cm³/mol. The van der Waals surface area contributed by atoms with Gasteiger partial charge in [-0.2, -0.15) is 0 Å². The van der Waals surface area contributed by atoms with Crippen LogP contribution in [0.2, 0.25) is 0 Å². The van der Waals surface area contributed by atoms with Crippen LogP contribution in [-0.4, -0.2) is 79.7 Å². The molecule has 6 atom stereocenters. The number of nitrogens with zero attached hydrogens (tertiary/aromatic N) is 3. The maximum atomic E-state index is 13.8. The van der Waals surface area contributed by atoms with E-state index in [9.17, 15) is 4.79 Å². The van der Waals surface area contributed by atoms with Crippen molar-refractivity contribution in [1.29, 1.82) is 0 Å². The Bertz CT molecular complexity index is 1330. The van der Waals surface area contributed by atoms with Gasteiger partial charge in [0, 0.05) is 48.8 Å². The lowest BCUT2D eigenvalue weighted by Gasteiger charge is -2.46. The van der Waals surface area contributed by atoms with Gasteiger partial charge in [0.05, 0.1) is 24.5 Å². The molecular formula is C30H37N7O2. The van der Waals surface area contributed by atoms with E-state index in [4.69, 9.17) is 9.72 Å². The third-order valence-corrected chi connectivity index (χ3v) is 8.90. The molecule has 204 valence electrons. The molecule has 4 N–H and O–H groups in total. The van der Waals surface area contributed by atoms with Gasteiger partial charge in [0.2, 0.25) is 5.91 Å². The first-order chi connectivity index (χ1) is 19.2. The van der Waals surface area contributed by atoms with Gasteiger partial charge < -0.3 is 20.3 Å². The molecule has 2 bridgehead atoms. The molecule has 0 saturated carbocycles. The molecule has 0 aliphatic carbocycles. The van der Waals surface area contributed by atoms with Crippen molar-refractivity contribution in [3.63, 3.8) is 0 Å². The van der Waals surface area contributed by atoms with E-state index in [-0.39, 0.29) is 18.4 Å². The second kappa shape index (κ2) is 10.4. The molecule has 0 spiro atoms. The Morgan fingerprint density at radius 1 is 1.03 bits per heavy atom. The van der Waals surface area contributed by atoms with E-state index in [0.29, 0.717) is 18.1 Å². The first-order valence-electron chi connectivity index (χ1n) is 14.2. The number of benzene rings is 2. The number of amides is 1. The Balaban J connectivity index is 1.11. The first-order valence-corrected chi connectivity index (χ1v) is 14.2. The van der Waals surface area contributed by atoms with Crippen molar-refractivity contribution in [3.05, 3.63) is 66.4 Å². The van der Waals surface area contributed by atoms with Gasteiger partial charge in [0.15, 0.2) is 0 Å². The molecule has 9 nitrogen and oxygen atoms in total. The largest absolute Gasteiger partial charge is 0.497 e. The van der Waals surface area contributed by atoms with Crippen molar-refractivity contribution in [2.75, 3.05) is 38.2 Å². The number of carbonyl (C=O) groups excluding carboxylic acids is 1. The summed E-state index contributed by atoms with van der Waals surface area (Å²) in [5, 5.41) is 15.5. The summed E-state index contributed by atoms with van der Waals surface area (Å²) in [4.78, 5) is 23.7. The maximum absolute atomic E-state index is 13.8. The van der Waals surface area contributed by atoms with E-state index in [1.165, 1.54) is 5.69 Å². The summed E-state index contributed by atoms with van der Waals surface area (Å²) in [6.07, 6.45) is 2.91. The fraction of sp³-hybridized carbons (Fsp3) is 0.467. The van der Waals surface area contributed by atoms with Crippen LogP contribution in [0.15, 0.2) is 60.7 Å². The Labute approximate surface area is 229 Å². The zero-order valence-electron chi connectivity index (χ0n) is 22.3. The zero-order valence-corrected chi connectivity index (χ0v) is 22.3. The number of piperidine rings is 1. The first kappa shape index (κ1) is 24.8. The van der Waals surface area contributed by atoms with Gasteiger partial charge in [-0.05, 0) is 62.2 Å². The van der Waals surface area contributed by atoms with E-state index < -0.39 is 5.92 Å². The molecule has 5 unspecified atom stereocenters. The fourth-order valence-corrected chi connectivity index (χ4v) is 6.92. The Morgan fingerprint density at radius 3 is 2.67 bits per heavy atom. The summed E-state index contributed by atoms with van der Waals surface area (Å²) in [6.45, 7) is 3.82. The molecular weight excluding hydrogens is 490 g/mol. The Morgan fingerprint density at radius 2 is 1.90 bits per heavy atom. The molecule has 2 aromatic carbocycles. The molecule has 4 saturated heterocycles. The van der Waals surface area contributed by atoms with Crippen LogP contribution in [0, 0.1) is 0 Å². The summed E-state index contributed by atoms with van der Waals surface area (Å²) in [7, 11) is 1.70. The van der Waals surface area contributed by atoms with Crippen LogP contribution >= 0.6 is 0 Å². The molecule has 5 heterocycles. The highest BCUT2D eigenvalue weighted by Crippen LogP contribution is 2.36. The lowest BCUT2D eigenvalue weighted by atomic mass is 9.95. The molecule has 39 heavy (non-hydrogen) atoms. The maximum Gasteiger partial charge on any atom is 0.234 e. The van der Waals surface area contributed by atoms with E-state index >= 15 is 0 Å². The number of hydrogen-bond acceptors (Lipinski definition) is 8. The highest BCUT2D eigenvalue weighted by Gasteiger charge is 2.49. The van der Waals surface area contributed by atoms with Gasteiger partial charge in [-0.3, -0.25) is 25.3 Å². The van der Waals surface area contributed by atoms with Crippen LogP contribution in [0.1, 0.15) is 30.9 Å². The lowest BCUT2D eigenvalue weighted by molar-refractivity contribution is -0.130. The van der Waals surface area contributed by atoms with Crippen molar-refractivity contribution in [2.24, 2.45) is 0 Å². The number of carbonyl (C=O) groups is 1. The smallest absolute Gasteiger partial charge is 0.234 e. The van der Waals surface area contributed by atoms with Crippen LogP contribution < -0.4 is 30.9 Å². The Hall–Kier alpha value is -3.24. The minimum absolute atomic E-state index is 0.0255. The summed E-state index contributed by atoms with van der Waals surface area (Å²) < 4.78 is 5.34. The number of methoxy groups -OCH3 is 1. The van der Waals surface area contributed by atoms with Gasteiger partial charge in [-0.15, -0.1) is 0 Å². The van der Waals surface area contributed by atoms with Crippen molar-refractivity contribution >= 4 is 22.5 Å². The van der Waals surface area contributed by atoms with Gasteiger partial charge in [0.1, 0.15) is 18.0 Å². The fourth-order valence-electron chi connectivity index (χ4n) is 6.92. The molecule has 4 fully saturated rings. The number of fused-ring (bicyclic) bond motifs is 3. The second-order valence-corrected chi connectivity index (χ2v) is 11.3. The SMILES string of the molecule is COc1ccc(N2CC3CC2CN3C2NC(=O)C(c3ccc4ccccc4n3)C(N[C@@H]3CCCNC3)N2)cc1. The summed E-state index contributed by atoms with van der Waals surface area (Å²) in [5.41, 5.74) is 2.95. The number of hydrogen-bond donors (Lipinski definition) is 4. The average molecular weight is 528 g/mol. The highest BCUT2D eigenvalue weighted by atomic mass is 16.5. The van der Waals surface area contributed by atoms with Crippen LogP contribution in [-0.2, 0) is 4.79 Å². The average Bonchev–Trinajstić information content (AvgIpc) is 3.59. The number of likely N-dealkylation sites (tertiary alicyclic amines) is 1. The van der Waals surface area contributed by atoms with E-state index in [1.807, 2.05) is 36.4 Å². The van der Waals surface area contributed by atoms with Gasteiger partial charge in [0.25, 0.3) is 0 Å². The number of ether oxygens (including phenoxy) is 1. The molecule has 9 heteroatoms. The Kier molecular flexibility index (Phi) is 6.60. The monoisotopic (exact) mass is 527 g/mol. The minimum atomic E-state index is -0.414. The predicted octanol–water partition coefficient (Wildman–Crippen LogP) is 1.96. The number of piperazine rings is 1. The molecule has 1 aromatic heterocycles. The van der Waals surface area contributed by atoms with Crippen LogP contribution in [0.25, 0.3) is 10.9 Å². The van der Waals surface area contributed by atoms with Crippen molar-refractivity contribution in [2.45, 2.75) is 55.8 Å². The summed E-state index contributed by atoms with van der Waals surface area (Å²) in [5.74, 6) is 0.488. The van der Waals surface area contributed by atoms with Gasteiger partial charge >= 0.3 is 0 Å². The van der Waals surface area contributed by atoms with Crippen molar-refractivity contribution in [3.8, 4) is 5.75 Å². The molecule has 0 radical (unpaired) electrons. The number of rotatable bonds is 6. The molecule has 7 rings (SSSR count). The normalized spacial score (nSPS) is 31.0. The standard InChI is InChI=1S/C30H37N7O2/c1-39-24-11-9-21(10-12-24)36-17-23-15-22(36)18-37(23)30-34-28(32-20-6-4-14-31-16-20)27(29(38)35-30)26-13-8-19-5-2-3-7-25(19)33-26/h2-3,5,7-13,20,22-23,27-28,30-32,34H,4,6,14-18H2,1H3,(H,35,38)/t20-,22?,23?,27?,28?,30?/m1/s1. The van der Waals surface area contributed by atoms with Crippen LogP contribution in [0.5, 0.6) is 5.75 Å². The zero-order chi connectivity index (χ0) is 26.3. The quantitative estimate of drug-likeness (QED) is 0.387. The third kappa shape index (κ3) is 4.74. The van der Waals surface area contributed by atoms with Gasteiger partial charge in [-0.25, -0.2) is 0 Å². The summed E-state index contributed by atoms with van der Waals surface area (Å²) in [6, 6.07) is 21.6. The van der Waals surface area contributed by atoms with Crippen LogP contribution in [0.4, 0.5) is 5.69 Å². The highest BCUT2D eigenvalue weighted by molar-refractivity contribution is 5.86. The van der Waals surface area contributed by atoms with E-state index in [1.54, 1.807) is 7.11 Å². The topological polar surface area (TPSA) is 93.8 Å². The molecule has 4 aliphatic heterocycles. The second-order valence-electron chi connectivity index (χ2n) is 11.3. The van der Waals surface area contributed by atoms with E-state index in [0.717, 1.165) is 67.8 Å². The minimum Gasteiger partial charge on any atom is -0.497 e. The van der Waals surface area contributed by atoms with Crippen molar-refractivity contribution in [1.82, 2.24) is 31.2 Å². The van der Waals surface area contributed by atoms with Gasteiger partial charge in [-0.1, -0.05) is 24.3 Å². The number of pyridine rings is 1. The number of aromatic nitrogens is 1. The molecule has 3 aromatic rings. The lowest BCUT2D eigenvalue weighted by Crippen LogP contribution is -2.72. The molecule has 4 aliphatic rings. The van der Waals surface area contributed by atoms with Crippen molar-refractivity contribution < 1.29 is 9.53 Å². The third-order valence-electron chi connectivity index (χ3n) is 8.90. The van der Waals surface area contributed by atoms with E-state index in [2.05, 4.69) is 55.3 Å². The van der Waals surface area contributed by atoms with Crippen LogP contribution in [0.3, 0.4) is 0 Å². The number of anilines is 1. The number of para-hydroxylation sites is 1. The molecule has 1 amide bonds. The summed E-state index contributed by atoms with van der Waals surface area (Å²) >= 11 is 0. The number of nitrogens with one attached hydrogen (secondary N) is 4.